The van der Waals surface area contributed by atoms with Crippen molar-refractivity contribution in [3.8, 4) is 0 Å². The van der Waals surface area contributed by atoms with Crippen LogP contribution in [0.3, 0.4) is 0 Å². The topological polar surface area (TPSA) is 95.5 Å². The first-order valence-corrected chi connectivity index (χ1v) is 6.52. The minimum absolute atomic E-state index is 0.197. The number of benzene rings is 1. The smallest absolute Gasteiger partial charge is 0.337 e. The van der Waals surface area contributed by atoms with Gasteiger partial charge < -0.3 is 5.11 Å². The number of carboxylic acids is 1. The number of aromatic carboxylic acids is 1. The summed E-state index contributed by atoms with van der Waals surface area (Å²) in [4.78, 5) is 10.9. The van der Waals surface area contributed by atoms with Crippen LogP contribution in [-0.4, -0.2) is 25.5 Å². The van der Waals surface area contributed by atoms with E-state index in [2.05, 4.69) is 4.72 Å². The number of carbonyl (C=O) groups is 1. The Kier molecular flexibility index (Phi) is 4.25. The van der Waals surface area contributed by atoms with E-state index in [1.807, 2.05) is 4.72 Å². The molecule has 0 saturated carbocycles. The van der Waals surface area contributed by atoms with Gasteiger partial charge in [-0.25, -0.2) is 9.18 Å². The van der Waals surface area contributed by atoms with E-state index in [-0.39, 0.29) is 11.7 Å². The Hall–Kier alpha value is -1.67. The highest BCUT2D eigenvalue weighted by Gasteiger charge is 2.17. The maximum atomic E-state index is 12.9. The Morgan fingerprint density at radius 3 is 2.50 bits per heavy atom. The summed E-state index contributed by atoms with van der Waals surface area (Å²) in [6.07, 6.45) is 0. The fourth-order valence-electron chi connectivity index (χ4n) is 1.27. The van der Waals surface area contributed by atoms with Crippen LogP contribution in [0.2, 0.25) is 0 Å². The lowest BCUT2D eigenvalue weighted by atomic mass is 10.2. The molecule has 0 atom stereocenters. The summed E-state index contributed by atoms with van der Waals surface area (Å²) < 4.78 is 40.3. The molecule has 1 aromatic carbocycles. The lowest BCUT2D eigenvalue weighted by Gasteiger charge is -2.13. The number of carboxylic acid groups (broad SMARTS) is 1. The highest BCUT2D eigenvalue weighted by atomic mass is 32.2. The van der Waals surface area contributed by atoms with E-state index in [0.717, 1.165) is 18.2 Å². The van der Waals surface area contributed by atoms with E-state index < -0.39 is 27.6 Å². The quantitative estimate of drug-likeness (QED) is 0.752. The first-order valence-electron chi connectivity index (χ1n) is 5.04. The molecule has 0 aromatic heterocycles. The molecule has 0 heterocycles. The van der Waals surface area contributed by atoms with Crippen molar-refractivity contribution < 1.29 is 22.7 Å². The molecule has 100 valence electrons. The van der Waals surface area contributed by atoms with Gasteiger partial charge >= 0.3 is 5.97 Å². The molecule has 0 aliphatic carbocycles. The second-order valence-electron chi connectivity index (χ2n) is 3.87. The van der Waals surface area contributed by atoms with Crippen LogP contribution in [0.1, 0.15) is 24.2 Å². The lowest BCUT2D eigenvalue weighted by Crippen LogP contribution is -2.35. The molecule has 0 fully saturated rings. The maximum absolute atomic E-state index is 12.9. The third-order valence-electron chi connectivity index (χ3n) is 1.85. The summed E-state index contributed by atoms with van der Waals surface area (Å²) in [5, 5.41) is 8.85. The number of hydrogen-bond acceptors (Lipinski definition) is 3. The molecule has 3 N–H and O–H groups in total. The molecule has 0 radical (unpaired) electrons. The van der Waals surface area contributed by atoms with Crippen molar-refractivity contribution in [2.45, 2.75) is 19.9 Å². The number of rotatable bonds is 5. The molecule has 18 heavy (non-hydrogen) atoms. The zero-order chi connectivity index (χ0) is 13.9. The molecule has 0 amide bonds. The maximum Gasteiger partial charge on any atom is 0.337 e. The third-order valence-corrected chi connectivity index (χ3v) is 3.12. The zero-order valence-corrected chi connectivity index (χ0v) is 10.6. The van der Waals surface area contributed by atoms with Gasteiger partial charge in [0.05, 0.1) is 11.3 Å². The van der Waals surface area contributed by atoms with E-state index in [1.54, 1.807) is 13.8 Å². The van der Waals surface area contributed by atoms with Gasteiger partial charge in [0, 0.05) is 6.04 Å². The summed E-state index contributed by atoms with van der Waals surface area (Å²) in [6, 6.07) is 2.42. The van der Waals surface area contributed by atoms with Gasteiger partial charge in [-0.1, -0.05) is 0 Å². The number of hydrogen-bond donors (Lipinski definition) is 3. The standard InChI is InChI=1S/C10H13FN2O4S/c1-6(2)12-18(16,17)13-9-4-3-7(11)5-8(9)10(14)15/h3-6,12-13H,1-2H3,(H,14,15). The normalized spacial score (nSPS) is 11.6. The van der Waals surface area contributed by atoms with E-state index in [9.17, 15) is 17.6 Å². The second-order valence-corrected chi connectivity index (χ2v) is 5.32. The van der Waals surface area contributed by atoms with E-state index in [4.69, 9.17) is 5.11 Å². The molecule has 0 bridgehead atoms. The molecular formula is C10H13FN2O4S. The van der Waals surface area contributed by atoms with Gasteiger partial charge in [-0.15, -0.1) is 0 Å². The molecule has 6 nitrogen and oxygen atoms in total. The van der Waals surface area contributed by atoms with Crippen molar-refractivity contribution in [2.75, 3.05) is 4.72 Å². The summed E-state index contributed by atoms with van der Waals surface area (Å²) in [6.45, 7) is 3.23. The average molecular weight is 276 g/mol. The Morgan fingerprint density at radius 1 is 1.39 bits per heavy atom. The largest absolute Gasteiger partial charge is 0.478 e. The van der Waals surface area contributed by atoms with Gasteiger partial charge in [0.1, 0.15) is 5.82 Å². The van der Waals surface area contributed by atoms with E-state index >= 15 is 0 Å². The Morgan fingerprint density at radius 2 is 2.00 bits per heavy atom. The minimum atomic E-state index is -3.89. The van der Waals surface area contributed by atoms with Crippen LogP contribution in [0.4, 0.5) is 10.1 Å². The lowest BCUT2D eigenvalue weighted by molar-refractivity contribution is 0.0697. The highest BCUT2D eigenvalue weighted by molar-refractivity contribution is 7.90. The third kappa shape index (κ3) is 3.97. The molecule has 0 aliphatic rings. The van der Waals surface area contributed by atoms with E-state index in [1.165, 1.54) is 0 Å². The van der Waals surface area contributed by atoms with Crippen LogP contribution < -0.4 is 9.44 Å². The monoisotopic (exact) mass is 276 g/mol. The Balaban J connectivity index is 3.08. The van der Waals surface area contributed by atoms with Crippen molar-refractivity contribution in [1.29, 1.82) is 0 Å². The van der Waals surface area contributed by atoms with Gasteiger partial charge in [-0.3, -0.25) is 4.72 Å². The SMILES string of the molecule is CC(C)NS(=O)(=O)Nc1ccc(F)cc1C(=O)O. The summed E-state index contributed by atoms with van der Waals surface area (Å²) in [5.41, 5.74) is -0.652. The van der Waals surface area contributed by atoms with Crippen LogP contribution in [0.25, 0.3) is 0 Å². The van der Waals surface area contributed by atoms with Gasteiger partial charge in [0.25, 0.3) is 10.2 Å². The van der Waals surface area contributed by atoms with Crippen molar-refractivity contribution in [3.63, 3.8) is 0 Å². The van der Waals surface area contributed by atoms with Crippen molar-refractivity contribution in [2.24, 2.45) is 0 Å². The fraction of sp³-hybridized carbons (Fsp3) is 0.300. The summed E-state index contributed by atoms with van der Waals surface area (Å²) in [7, 11) is -3.89. The van der Waals surface area contributed by atoms with Crippen molar-refractivity contribution in [1.82, 2.24) is 4.72 Å². The first kappa shape index (κ1) is 14.4. The van der Waals surface area contributed by atoms with Crippen LogP contribution in [0.5, 0.6) is 0 Å². The highest BCUT2D eigenvalue weighted by Crippen LogP contribution is 2.18. The molecule has 1 rings (SSSR count). The van der Waals surface area contributed by atoms with Crippen molar-refractivity contribution in [3.05, 3.63) is 29.6 Å². The Labute approximate surface area is 104 Å². The van der Waals surface area contributed by atoms with Crippen LogP contribution in [0, 0.1) is 5.82 Å². The summed E-state index contributed by atoms with van der Waals surface area (Å²) >= 11 is 0. The van der Waals surface area contributed by atoms with Crippen LogP contribution in [-0.2, 0) is 10.2 Å². The van der Waals surface area contributed by atoms with Gasteiger partial charge in [-0.2, -0.15) is 13.1 Å². The second kappa shape index (κ2) is 5.32. The van der Waals surface area contributed by atoms with Gasteiger partial charge in [0.2, 0.25) is 0 Å². The molecule has 1 aromatic rings. The fourth-order valence-corrected chi connectivity index (χ4v) is 2.41. The summed E-state index contributed by atoms with van der Waals surface area (Å²) in [5.74, 6) is -2.18. The predicted octanol–water partition coefficient (Wildman–Crippen LogP) is 1.18. The van der Waals surface area contributed by atoms with Crippen LogP contribution >= 0.6 is 0 Å². The average Bonchev–Trinajstić information content (AvgIpc) is 2.18. The zero-order valence-electron chi connectivity index (χ0n) is 9.77. The predicted molar refractivity (Wildman–Crippen MR) is 64.2 cm³/mol. The molecule has 0 spiro atoms. The molecular weight excluding hydrogens is 263 g/mol. The Bertz CT molecular complexity index is 557. The van der Waals surface area contributed by atoms with E-state index in [0.29, 0.717) is 0 Å². The molecule has 0 unspecified atom stereocenters. The minimum Gasteiger partial charge on any atom is -0.478 e. The van der Waals surface area contributed by atoms with Crippen LogP contribution in [0.15, 0.2) is 18.2 Å². The number of anilines is 1. The van der Waals surface area contributed by atoms with Gasteiger partial charge in [0.15, 0.2) is 0 Å². The molecule has 8 heteroatoms. The van der Waals surface area contributed by atoms with Gasteiger partial charge in [-0.05, 0) is 32.0 Å². The molecule has 0 saturated heterocycles. The number of halogens is 1. The number of nitrogens with one attached hydrogen (secondary N) is 2. The van der Waals surface area contributed by atoms with Crippen molar-refractivity contribution >= 4 is 21.9 Å². The molecule has 0 aliphatic heterocycles. The first-order chi connectivity index (χ1) is 8.21.